The van der Waals surface area contributed by atoms with Gasteiger partial charge in [0.25, 0.3) is 0 Å². The van der Waals surface area contributed by atoms with Crippen LogP contribution in [0, 0.1) is 5.92 Å². The molecule has 2 aromatic carbocycles. The minimum Gasteiger partial charge on any atom is -0.485 e. The van der Waals surface area contributed by atoms with Gasteiger partial charge in [0.05, 0.1) is 11.9 Å². The van der Waals surface area contributed by atoms with E-state index in [2.05, 4.69) is 20.5 Å². The molecule has 32 heavy (non-hydrogen) atoms. The number of anilines is 1. The van der Waals surface area contributed by atoms with Crippen molar-refractivity contribution >= 4 is 34.7 Å². The van der Waals surface area contributed by atoms with Gasteiger partial charge < -0.3 is 10.1 Å². The Morgan fingerprint density at radius 3 is 2.88 bits per heavy atom. The Morgan fingerprint density at radius 1 is 1.16 bits per heavy atom. The molecule has 0 saturated heterocycles. The number of carbonyl (C=O) groups is 1. The molecule has 2 heterocycles. The topological polar surface area (TPSA) is 77.0 Å². The molecule has 6 nitrogen and oxygen atoms in total. The minimum atomic E-state index is -0.0914. The minimum absolute atomic E-state index is 0.0755. The zero-order valence-electron chi connectivity index (χ0n) is 16.9. The van der Waals surface area contributed by atoms with Gasteiger partial charge in [0.2, 0.25) is 5.91 Å². The molecule has 1 amide bonds. The summed E-state index contributed by atoms with van der Waals surface area (Å²) >= 11 is 7.64. The van der Waals surface area contributed by atoms with Crippen LogP contribution in [0.4, 0.5) is 5.82 Å². The van der Waals surface area contributed by atoms with E-state index in [0.29, 0.717) is 23.2 Å². The van der Waals surface area contributed by atoms with Crippen molar-refractivity contribution in [2.45, 2.75) is 18.9 Å². The van der Waals surface area contributed by atoms with Crippen LogP contribution in [0.3, 0.4) is 0 Å². The highest BCUT2D eigenvalue weighted by Crippen LogP contribution is 2.48. The van der Waals surface area contributed by atoms with Gasteiger partial charge in [0.15, 0.2) is 5.82 Å². The molecule has 2 aromatic heterocycles. The molecule has 1 fully saturated rings. The first kappa shape index (κ1) is 20.6. The predicted molar refractivity (Wildman–Crippen MR) is 125 cm³/mol. The third kappa shape index (κ3) is 4.79. The maximum Gasteiger partial charge on any atom is 0.229 e. The van der Waals surface area contributed by atoms with Gasteiger partial charge in [-0.25, -0.2) is 4.98 Å². The number of benzene rings is 2. The van der Waals surface area contributed by atoms with Gasteiger partial charge in [-0.05, 0) is 30.0 Å². The van der Waals surface area contributed by atoms with Gasteiger partial charge >= 0.3 is 0 Å². The summed E-state index contributed by atoms with van der Waals surface area (Å²) in [4.78, 5) is 17.2. The lowest BCUT2D eigenvalue weighted by atomic mass is 10.1. The number of halogens is 1. The lowest BCUT2D eigenvalue weighted by Gasteiger charge is -2.07. The fourth-order valence-electron chi connectivity index (χ4n) is 3.54. The molecule has 1 aliphatic carbocycles. The monoisotopic (exact) mass is 462 g/mol. The number of carbonyl (C=O) groups excluding carboxylic acids is 1. The average Bonchev–Trinajstić information content (AvgIpc) is 3.49. The Labute approximate surface area is 194 Å². The number of rotatable bonds is 7. The van der Waals surface area contributed by atoms with Crippen molar-refractivity contribution in [2.24, 2.45) is 5.92 Å². The van der Waals surface area contributed by atoms with E-state index in [4.69, 9.17) is 16.3 Å². The Balaban J connectivity index is 1.17. The molecule has 2 atom stereocenters. The third-order valence-corrected chi connectivity index (χ3v) is 6.42. The highest BCUT2D eigenvalue weighted by atomic mass is 35.5. The molecule has 0 spiro atoms. The fourth-order valence-corrected chi connectivity index (χ4v) is 4.55. The van der Waals surface area contributed by atoms with Crippen LogP contribution in [0.25, 0.3) is 10.6 Å². The lowest BCUT2D eigenvalue weighted by Crippen LogP contribution is -2.16. The van der Waals surface area contributed by atoms with Crippen molar-refractivity contribution in [3.63, 3.8) is 0 Å². The van der Waals surface area contributed by atoms with Crippen molar-refractivity contribution in [1.82, 2.24) is 15.2 Å². The van der Waals surface area contributed by atoms with Crippen molar-refractivity contribution in [3.8, 4) is 16.3 Å². The average molecular weight is 463 g/mol. The molecule has 1 N–H and O–H groups in total. The summed E-state index contributed by atoms with van der Waals surface area (Å²) in [5, 5.41) is 14.4. The van der Waals surface area contributed by atoms with E-state index < -0.39 is 0 Å². The summed E-state index contributed by atoms with van der Waals surface area (Å²) in [5.41, 5.74) is 2.99. The Kier molecular flexibility index (Phi) is 5.83. The van der Waals surface area contributed by atoms with Crippen molar-refractivity contribution < 1.29 is 9.53 Å². The zero-order chi connectivity index (χ0) is 21.9. The van der Waals surface area contributed by atoms with Crippen molar-refractivity contribution in [2.75, 3.05) is 5.32 Å². The second-order valence-corrected chi connectivity index (χ2v) is 8.86. The molecule has 5 rings (SSSR count). The predicted octanol–water partition coefficient (Wildman–Crippen LogP) is 5.57. The molecular weight excluding hydrogens is 444 g/mol. The summed E-state index contributed by atoms with van der Waals surface area (Å²) < 4.78 is 5.82. The summed E-state index contributed by atoms with van der Waals surface area (Å²) in [5.74, 6) is 0.906. The largest absolute Gasteiger partial charge is 0.485 e. The summed E-state index contributed by atoms with van der Waals surface area (Å²) in [7, 11) is 0. The van der Waals surface area contributed by atoms with Crippen LogP contribution < -0.4 is 10.1 Å². The van der Waals surface area contributed by atoms with Gasteiger partial charge in [-0.1, -0.05) is 54.1 Å². The quantitative estimate of drug-likeness (QED) is 0.388. The molecule has 0 radical (unpaired) electrons. The fraction of sp³-hybridized carbons (Fsp3) is 0.167. The molecule has 160 valence electrons. The number of thiazole rings is 1. The number of hydrogen-bond acceptors (Lipinski definition) is 6. The molecular formula is C24H19ClN4O2S. The third-order valence-electron chi connectivity index (χ3n) is 5.24. The second kappa shape index (κ2) is 9.06. The summed E-state index contributed by atoms with van der Waals surface area (Å²) in [6, 6.07) is 19.3. The molecule has 0 aliphatic heterocycles. The van der Waals surface area contributed by atoms with Crippen LogP contribution >= 0.6 is 22.9 Å². The number of aromatic nitrogens is 3. The highest BCUT2D eigenvalue weighted by molar-refractivity contribution is 7.13. The van der Waals surface area contributed by atoms with E-state index in [1.807, 2.05) is 60.0 Å². The summed E-state index contributed by atoms with van der Waals surface area (Å²) in [6.07, 6.45) is 2.31. The van der Waals surface area contributed by atoms with Crippen molar-refractivity contribution in [3.05, 3.63) is 88.5 Å². The van der Waals surface area contributed by atoms with Gasteiger partial charge in [0, 0.05) is 28.0 Å². The first-order valence-corrected chi connectivity index (χ1v) is 11.4. The molecule has 1 saturated carbocycles. The number of ether oxygens (including phenoxy) is 1. The highest BCUT2D eigenvalue weighted by Gasteiger charge is 2.44. The summed E-state index contributed by atoms with van der Waals surface area (Å²) in [6.45, 7) is 0.307. The number of amides is 1. The molecule has 1 aliphatic rings. The molecule has 8 heteroatoms. The van der Waals surface area contributed by atoms with Gasteiger partial charge in [0.1, 0.15) is 17.4 Å². The Bertz CT molecular complexity index is 1250. The smallest absolute Gasteiger partial charge is 0.229 e. The van der Waals surface area contributed by atoms with Gasteiger partial charge in [-0.15, -0.1) is 16.4 Å². The molecule has 0 bridgehead atoms. The first-order valence-electron chi connectivity index (χ1n) is 10.2. The maximum absolute atomic E-state index is 12.6. The SMILES string of the molecule is O=C(Nc1cc(OCc2csc(-c3ccccc3)n2)cnn1)[C@H]1C[C@@H]1c1cccc(Cl)c1. The van der Waals surface area contributed by atoms with Crippen LogP contribution in [0.5, 0.6) is 5.75 Å². The van der Waals surface area contributed by atoms with Gasteiger partial charge in [-0.3, -0.25) is 4.79 Å². The lowest BCUT2D eigenvalue weighted by molar-refractivity contribution is -0.117. The van der Waals surface area contributed by atoms with Crippen molar-refractivity contribution in [1.29, 1.82) is 0 Å². The van der Waals surface area contributed by atoms with E-state index in [9.17, 15) is 4.79 Å². The molecule has 0 unspecified atom stereocenters. The Hall–Kier alpha value is -3.29. The van der Waals surface area contributed by atoms with Crippen LogP contribution in [-0.4, -0.2) is 21.1 Å². The number of nitrogens with zero attached hydrogens (tertiary/aromatic N) is 3. The van der Waals surface area contributed by atoms with E-state index in [1.165, 1.54) is 6.20 Å². The normalized spacial score (nSPS) is 17.0. The maximum atomic E-state index is 12.6. The Morgan fingerprint density at radius 2 is 2.03 bits per heavy atom. The van der Waals surface area contributed by atoms with Crippen LogP contribution in [0.15, 0.2) is 72.2 Å². The van der Waals surface area contributed by atoms with Crippen LogP contribution in [0.2, 0.25) is 5.02 Å². The van der Waals surface area contributed by atoms with Crippen LogP contribution in [0.1, 0.15) is 23.6 Å². The first-order chi connectivity index (χ1) is 15.7. The van der Waals surface area contributed by atoms with E-state index in [0.717, 1.165) is 28.2 Å². The van der Waals surface area contributed by atoms with Gasteiger partial charge in [-0.2, -0.15) is 5.10 Å². The standard InChI is InChI=1S/C24H19ClN4O2S/c25-17-8-4-7-16(9-17)20-11-21(20)23(30)28-22-10-19(12-26-29-22)31-13-18-14-32-24(27-18)15-5-2-1-3-6-15/h1-10,12,14,20-21H,11,13H2,(H,28,29,30)/t20-,21+/m1/s1. The number of nitrogens with one attached hydrogen (secondary N) is 1. The molecule has 4 aromatic rings. The van der Waals surface area contributed by atoms with E-state index in [1.54, 1.807) is 17.4 Å². The zero-order valence-corrected chi connectivity index (χ0v) is 18.5. The van der Waals surface area contributed by atoms with Crippen LogP contribution in [-0.2, 0) is 11.4 Å². The second-order valence-electron chi connectivity index (χ2n) is 7.57. The van der Waals surface area contributed by atoms with E-state index >= 15 is 0 Å². The van der Waals surface area contributed by atoms with E-state index in [-0.39, 0.29) is 17.7 Å². The number of hydrogen-bond donors (Lipinski definition) is 1.